The van der Waals surface area contributed by atoms with E-state index >= 15 is 0 Å². The van der Waals surface area contributed by atoms with Gasteiger partial charge >= 0.3 is 5.97 Å². The lowest BCUT2D eigenvalue weighted by atomic mass is 10.00. The van der Waals surface area contributed by atoms with Crippen LogP contribution in [0.5, 0.6) is 0 Å². The van der Waals surface area contributed by atoms with Crippen molar-refractivity contribution in [3.05, 3.63) is 71.8 Å². The molecule has 0 bridgehead atoms. The Hall–Kier alpha value is -7.26. The van der Waals surface area contributed by atoms with Crippen LogP contribution < -0.4 is 55.3 Å². The molecule has 3 rings (SSSR count). The Bertz CT molecular complexity index is 2040. The first-order valence-corrected chi connectivity index (χ1v) is 22.4. The molecule has 0 spiro atoms. The largest absolute Gasteiger partial charge is 0.481 e. The number of carboxylic acid groups (broad SMARTS) is 1. The maximum atomic E-state index is 14.5. The Kier molecular flexibility index (Phi) is 22.5. The molecule has 0 aliphatic carbocycles. The summed E-state index contributed by atoms with van der Waals surface area (Å²) in [5, 5.41) is 22.6. The van der Waals surface area contributed by atoms with Gasteiger partial charge in [0.2, 0.25) is 41.4 Å². The van der Waals surface area contributed by atoms with E-state index in [2.05, 4.69) is 36.6 Å². The molecule has 1 fully saturated rings. The smallest absolute Gasteiger partial charge is 0.305 e. The molecule has 22 nitrogen and oxygen atoms in total. The fourth-order valence-corrected chi connectivity index (χ4v) is 7.45. The summed E-state index contributed by atoms with van der Waals surface area (Å²) in [4.78, 5) is 116. The van der Waals surface area contributed by atoms with E-state index in [4.69, 9.17) is 28.7 Å². The number of aryl methyl sites for hydroxylation is 1. The number of amides is 7. The van der Waals surface area contributed by atoms with Crippen molar-refractivity contribution in [1.82, 2.24) is 31.5 Å². The number of benzene rings is 2. The molecule has 1 aliphatic heterocycles. The number of nitrogens with two attached hydrogens (primary N) is 5. The fraction of sp³-hybridized carbons (Fsp3) is 0.511. The summed E-state index contributed by atoms with van der Waals surface area (Å²) in [6, 6.07) is 10.9. The average molecular weight is 934 g/mol. The Balaban J connectivity index is 1.89. The van der Waals surface area contributed by atoms with Gasteiger partial charge in [-0.2, -0.15) is 0 Å². The first kappa shape index (κ1) is 54.1. The number of carbonyl (C=O) groups excluding carboxylic acids is 7. The van der Waals surface area contributed by atoms with E-state index in [1.807, 2.05) is 44.2 Å². The molecule has 0 saturated carbocycles. The van der Waals surface area contributed by atoms with Gasteiger partial charge in [0.15, 0.2) is 11.9 Å². The van der Waals surface area contributed by atoms with Crippen LogP contribution in [0.2, 0.25) is 0 Å². The summed E-state index contributed by atoms with van der Waals surface area (Å²) < 4.78 is 0. The molecule has 16 N–H and O–H groups in total. The van der Waals surface area contributed by atoms with Gasteiger partial charge in [0.05, 0.1) is 6.42 Å². The quantitative estimate of drug-likeness (QED) is 0.0260. The van der Waals surface area contributed by atoms with Crippen molar-refractivity contribution in [2.24, 2.45) is 44.6 Å². The zero-order valence-corrected chi connectivity index (χ0v) is 38.2. The molecule has 6 atom stereocenters. The number of carboxylic acids is 1. The van der Waals surface area contributed by atoms with Crippen LogP contribution in [0.3, 0.4) is 0 Å². The molecule has 0 unspecified atom stereocenters. The van der Waals surface area contributed by atoms with Gasteiger partial charge in [0.1, 0.15) is 36.3 Å². The third-order valence-electron chi connectivity index (χ3n) is 10.8. The molecular weight excluding hydrogens is 867 g/mol. The van der Waals surface area contributed by atoms with Crippen molar-refractivity contribution >= 4 is 59.2 Å². The van der Waals surface area contributed by atoms with Crippen LogP contribution >= 0.6 is 0 Å². The number of rotatable bonds is 28. The molecule has 0 aromatic heterocycles. The van der Waals surface area contributed by atoms with E-state index in [1.165, 1.54) is 4.90 Å². The number of primary amides is 1. The number of aliphatic imine (C=N–C) groups is 2. The third-order valence-corrected chi connectivity index (χ3v) is 10.8. The van der Waals surface area contributed by atoms with Crippen LogP contribution in [0.1, 0.15) is 82.8 Å². The van der Waals surface area contributed by atoms with Gasteiger partial charge < -0.3 is 65.3 Å². The van der Waals surface area contributed by atoms with Crippen molar-refractivity contribution in [1.29, 1.82) is 0 Å². The molecular formula is C45H67N13O9. The van der Waals surface area contributed by atoms with Gasteiger partial charge in [-0.25, -0.2) is 0 Å². The van der Waals surface area contributed by atoms with Crippen LogP contribution in [-0.2, 0) is 51.2 Å². The fourth-order valence-electron chi connectivity index (χ4n) is 7.45. The van der Waals surface area contributed by atoms with Crippen LogP contribution in [0, 0.1) is 5.92 Å². The predicted molar refractivity (Wildman–Crippen MR) is 250 cm³/mol. The van der Waals surface area contributed by atoms with Crippen molar-refractivity contribution in [3.63, 3.8) is 0 Å². The number of hydrogen-bond donors (Lipinski definition) is 11. The maximum absolute atomic E-state index is 14.5. The van der Waals surface area contributed by atoms with Gasteiger partial charge in [-0.15, -0.1) is 0 Å². The second-order valence-electron chi connectivity index (χ2n) is 16.8. The number of aliphatic carboxylic acids is 1. The van der Waals surface area contributed by atoms with Crippen molar-refractivity contribution in [2.45, 2.75) is 121 Å². The SMILES string of the molecule is CC(C)C[C@H](NC(=O)CCc1ccccc1)C(=O)N[C@@H](Cc1ccccc1)C(=O)N[C@@H](CCCN=C(N)N)C(=O)N1CCC[C@H]1C(=O)N[C@@H](CCCN=C(N)N)C(=O)N[C@@H](CC(=O)O)C(N)=O. The molecule has 2 aromatic rings. The van der Waals surface area contributed by atoms with E-state index in [1.54, 1.807) is 30.3 Å². The van der Waals surface area contributed by atoms with Crippen LogP contribution in [0.15, 0.2) is 70.6 Å². The first-order valence-electron chi connectivity index (χ1n) is 22.4. The topological polar surface area (TPSA) is 375 Å². The normalized spacial score (nSPS) is 15.4. The number of likely N-dealkylation sites (tertiary alicyclic amines) is 1. The van der Waals surface area contributed by atoms with E-state index in [0.717, 1.165) is 5.56 Å². The lowest BCUT2D eigenvalue weighted by Gasteiger charge is -2.31. The zero-order valence-electron chi connectivity index (χ0n) is 38.2. The molecule has 7 amide bonds. The highest BCUT2D eigenvalue weighted by Gasteiger charge is 2.40. The number of carbonyl (C=O) groups is 8. The summed E-state index contributed by atoms with van der Waals surface area (Å²) >= 11 is 0. The number of nitrogens with one attached hydrogen (secondary N) is 5. The molecule has 366 valence electrons. The zero-order chi connectivity index (χ0) is 49.5. The van der Waals surface area contributed by atoms with Crippen molar-refractivity contribution in [3.8, 4) is 0 Å². The second kappa shape index (κ2) is 27.9. The molecule has 22 heteroatoms. The van der Waals surface area contributed by atoms with E-state index in [-0.39, 0.29) is 94.7 Å². The van der Waals surface area contributed by atoms with E-state index in [9.17, 15) is 43.5 Å². The molecule has 0 radical (unpaired) electrons. The first-order chi connectivity index (χ1) is 31.8. The van der Waals surface area contributed by atoms with E-state index in [0.29, 0.717) is 18.4 Å². The molecule has 1 aliphatic rings. The lowest BCUT2D eigenvalue weighted by molar-refractivity contribution is -0.143. The summed E-state index contributed by atoms with van der Waals surface area (Å²) in [7, 11) is 0. The van der Waals surface area contributed by atoms with Gasteiger partial charge in [-0.1, -0.05) is 74.5 Å². The minimum absolute atomic E-state index is 0.0113. The minimum Gasteiger partial charge on any atom is -0.481 e. The summed E-state index contributed by atoms with van der Waals surface area (Å²) in [6.45, 7) is 4.08. The van der Waals surface area contributed by atoms with Gasteiger partial charge in [0, 0.05) is 32.5 Å². The van der Waals surface area contributed by atoms with Crippen LogP contribution in [0.4, 0.5) is 0 Å². The predicted octanol–water partition coefficient (Wildman–Crippen LogP) is -1.61. The second-order valence-corrected chi connectivity index (χ2v) is 16.8. The van der Waals surface area contributed by atoms with Crippen LogP contribution in [0.25, 0.3) is 0 Å². The maximum Gasteiger partial charge on any atom is 0.305 e. The van der Waals surface area contributed by atoms with Gasteiger partial charge in [0.25, 0.3) is 0 Å². The third kappa shape index (κ3) is 19.8. The number of nitrogens with zero attached hydrogens (tertiary/aromatic N) is 3. The van der Waals surface area contributed by atoms with E-state index < -0.39 is 84.1 Å². The Morgan fingerprint density at radius 2 is 1.19 bits per heavy atom. The minimum atomic E-state index is -1.59. The summed E-state index contributed by atoms with van der Waals surface area (Å²) in [6.07, 6.45) is 0.994. The van der Waals surface area contributed by atoms with Gasteiger partial charge in [-0.05, 0) is 68.4 Å². The Morgan fingerprint density at radius 3 is 1.75 bits per heavy atom. The highest BCUT2D eigenvalue weighted by Crippen LogP contribution is 2.21. The highest BCUT2D eigenvalue weighted by molar-refractivity contribution is 5.97. The average Bonchev–Trinajstić information content (AvgIpc) is 3.77. The summed E-state index contributed by atoms with van der Waals surface area (Å²) in [5.41, 5.74) is 28.9. The standard InChI is InChI=1S/C45H67N13O9/c1-27(2)24-33(53-36(59)20-19-28-12-5-3-6-13-28)40(64)57-34(25-29-14-7-4-8-15-29)41(65)55-31(17-10-22-52-45(49)50)43(67)58-23-11-18-35(58)42(66)54-30(16-9-21-51-44(47)48)39(63)56-32(38(46)62)26-37(60)61/h3-8,12-15,27,30-35H,9-11,16-26H2,1-2H3,(H2,46,62)(H,53,59)(H,54,66)(H,55,65)(H,56,63)(H,57,64)(H,60,61)(H4,47,48,51)(H4,49,50,52)/t30-,31-,32-,33-,34-,35-/m0/s1. The lowest BCUT2D eigenvalue weighted by Crippen LogP contribution is -2.59. The Labute approximate surface area is 390 Å². The highest BCUT2D eigenvalue weighted by atomic mass is 16.4. The number of hydrogen-bond acceptors (Lipinski definition) is 10. The molecule has 67 heavy (non-hydrogen) atoms. The van der Waals surface area contributed by atoms with Gasteiger partial charge in [-0.3, -0.25) is 48.3 Å². The van der Waals surface area contributed by atoms with Crippen molar-refractivity contribution in [2.75, 3.05) is 19.6 Å². The molecule has 1 heterocycles. The van der Waals surface area contributed by atoms with Crippen LogP contribution in [-0.4, -0.2) is 125 Å². The Morgan fingerprint density at radius 1 is 0.672 bits per heavy atom. The number of guanidine groups is 2. The molecule has 1 saturated heterocycles. The summed E-state index contributed by atoms with van der Waals surface area (Å²) in [5.74, 6) is -6.82. The molecule has 2 aromatic carbocycles. The monoisotopic (exact) mass is 934 g/mol. The van der Waals surface area contributed by atoms with Crippen molar-refractivity contribution < 1.29 is 43.5 Å².